The van der Waals surface area contributed by atoms with Gasteiger partial charge in [-0.15, -0.1) is 0 Å². The molecule has 0 fully saturated rings. The number of nitrogens with zero attached hydrogens (tertiary/aromatic N) is 2. The lowest BCUT2D eigenvalue weighted by molar-refractivity contribution is 0.102. The summed E-state index contributed by atoms with van der Waals surface area (Å²) >= 11 is 0. The van der Waals surface area contributed by atoms with E-state index in [1.807, 2.05) is 38.2 Å². The number of nitrogens with one attached hydrogen (secondary N) is 4. The zero-order valence-electron chi connectivity index (χ0n) is 14.3. The summed E-state index contributed by atoms with van der Waals surface area (Å²) in [6.45, 7) is 5.48. The van der Waals surface area contributed by atoms with E-state index in [2.05, 4.69) is 38.2 Å². The highest BCUT2D eigenvalue weighted by Gasteiger charge is 2.15. The van der Waals surface area contributed by atoms with E-state index in [4.69, 9.17) is 0 Å². The van der Waals surface area contributed by atoms with E-state index in [9.17, 15) is 4.79 Å². The predicted molar refractivity (Wildman–Crippen MR) is 98.9 cm³/mol. The molecule has 0 aliphatic heterocycles. The summed E-state index contributed by atoms with van der Waals surface area (Å²) in [4.78, 5) is 21.2. The summed E-state index contributed by atoms with van der Waals surface area (Å²) in [5, 5.41) is 12.2. The maximum atomic E-state index is 12.6. The summed E-state index contributed by atoms with van der Waals surface area (Å²) in [5.74, 6) is 0.791. The van der Waals surface area contributed by atoms with Crippen LogP contribution in [0, 0.1) is 0 Å². The average Bonchev–Trinajstić information content (AvgIpc) is 2.60. The largest absolute Gasteiger partial charge is 0.388 e. The normalized spacial score (nSPS) is 10.1. The van der Waals surface area contributed by atoms with Crippen molar-refractivity contribution in [2.75, 3.05) is 41.4 Å². The first-order chi connectivity index (χ1) is 11.7. The summed E-state index contributed by atoms with van der Waals surface area (Å²) in [7, 11) is 1.83. The van der Waals surface area contributed by atoms with Gasteiger partial charge in [0.15, 0.2) is 0 Å². The third-order valence-electron chi connectivity index (χ3n) is 3.32. The van der Waals surface area contributed by atoms with Crippen LogP contribution >= 0.6 is 0 Å². The van der Waals surface area contributed by atoms with Crippen molar-refractivity contribution in [3.63, 3.8) is 0 Å². The molecule has 0 saturated carbocycles. The average molecular weight is 328 g/mol. The van der Waals surface area contributed by atoms with Crippen LogP contribution in [0.3, 0.4) is 0 Å². The van der Waals surface area contributed by atoms with Crippen LogP contribution < -0.4 is 21.3 Å². The summed E-state index contributed by atoms with van der Waals surface area (Å²) in [6, 6.07) is 7.51. The third kappa shape index (κ3) is 4.58. The number of benzene rings is 1. The Morgan fingerprint density at radius 3 is 2.67 bits per heavy atom. The van der Waals surface area contributed by atoms with Gasteiger partial charge in [-0.25, -0.2) is 4.98 Å². The lowest BCUT2D eigenvalue weighted by Crippen LogP contribution is -2.18. The van der Waals surface area contributed by atoms with Gasteiger partial charge in [-0.1, -0.05) is 13.0 Å². The molecule has 0 spiro atoms. The van der Waals surface area contributed by atoms with Gasteiger partial charge in [0.2, 0.25) is 5.95 Å². The smallest absolute Gasteiger partial charge is 0.260 e. The second kappa shape index (κ2) is 8.71. The van der Waals surface area contributed by atoms with Crippen molar-refractivity contribution >= 4 is 29.0 Å². The van der Waals surface area contributed by atoms with E-state index in [1.165, 1.54) is 0 Å². The van der Waals surface area contributed by atoms with Crippen molar-refractivity contribution in [3.05, 3.63) is 36.0 Å². The number of hydrogen-bond acceptors (Lipinski definition) is 6. The van der Waals surface area contributed by atoms with Gasteiger partial charge in [-0.05, 0) is 31.5 Å². The van der Waals surface area contributed by atoms with Crippen LogP contribution in [-0.4, -0.2) is 36.0 Å². The maximum Gasteiger partial charge on any atom is 0.260 e. The molecule has 24 heavy (non-hydrogen) atoms. The van der Waals surface area contributed by atoms with Gasteiger partial charge in [-0.3, -0.25) is 4.79 Å². The minimum absolute atomic E-state index is 0.245. The van der Waals surface area contributed by atoms with E-state index >= 15 is 0 Å². The monoisotopic (exact) mass is 328 g/mol. The molecule has 0 radical (unpaired) electrons. The lowest BCUT2D eigenvalue weighted by atomic mass is 10.2. The Bertz CT molecular complexity index is 689. The Morgan fingerprint density at radius 1 is 1.17 bits per heavy atom. The fourth-order valence-corrected chi connectivity index (χ4v) is 2.12. The number of carbonyl (C=O) groups is 1. The highest BCUT2D eigenvalue weighted by atomic mass is 16.1. The van der Waals surface area contributed by atoms with E-state index in [1.54, 1.807) is 6.20 Å². The highest BCUT2D eigenvalue weighted by Crippen LogP contribution is 2.19. The van der Waals surface area contributed by atoms with Gasteiger partial charge in [0.1, 0.15) is 11.4 Å². The molecule has 1 aromatic heterocycles. The first-order valence-corrected chi connectivity index (χ1v) is 8.11. The Labute approximate surface area is 142 Å². The van der Waals surface area contributed by atoms with E-state index in [0.29, 0.717) is 23.0 Å². The summed E-state index contributed by atoms with van der Waals surface area (Å²) < 4.78 is 0. The maximum absolute atomic E-state index is 12.6. The predicted octanol–water partition coefficient (Wildman–Crippen LogP) is 3.02. The number of hydrogen-bond donors (Lipinski definition) is 4. The Morgan fingerprint density at radius 2 is 1.96 bits per heavy atom. The van der Waals surface area contributed by atoms with Gasteiger partial charge in [-0.2, -0.15) is 4.98 Å². The van der Waals surface area contributed by atoms with Crippen molar-refractivity contribution < 1.29 is 4.79 Å². The fraction of sp³-hybridized carbons (Fsp3) is 0.353. The molecule has 0 aliphatic carbocycles. The Kier molecular flexibility index (Phi) is 6.36. The quantitative estimate of drug-likeness (QED) is 0.595. The molecule has 2 aromatic rings. The summed E-state index contributed by atoms with van der Waals surface area (Å²) in [5.41, 5.74) is 2.06. The molecular weight excluding hydrogens is 304 g/mol. The fourth-order valence-electron chi connectivity index (χ4n) is 2.12. The van der Waals surface area contributed by atoms with Crippen molar-refractivity contribution in [3.8, 4) is 0 Å². The molecule has 128 valence electrons. The van der Waals surface area contributed by atoms with Crippen molar-refractivity contribution in [1.29, 1.82) is 0 Å². The van der Waals surface area contributed by atoms with Gasteiger partial charge in [0.05, 0.1) is 0 Å². The van der Waals surface area contributed by atoms with Gasteiger partial charge >= 0.3 is 0 Å². The highest BCUT2D eigenvalue weighted by molar-refractivity contribution is 6.07. The molecule has 1 aromatic carbocycles. The summed E-state index contributed by atoms with van der Waals surface area (Å²) in [6.07, 6.45) is 2.48. The van der Waals surface area contributed by atoms with Crippen LogP contribution in [0.2, 0.25) is 0 Å². The van der Waals surface area contributed by atoms with E-state index < -0.39 is 0 Å². The molecule has 1 amide bonds. The van der Waals surface area contributed by atoms with Crippen LogP contribution in [0.4, 0.5) is 23.1 Å². The molecule has 0 bridgehead atoms. The molecule has 7 nitrogen and oxygen atoms in total. The topological polar surface area (TPSA) is 91.0 Å². The number of anilines is 4. The van der Waals surface area contributed by atoms with E-state index in [0.717, 1.165) is 25.2 Å². The van der Waals surface area contributed by atoms with Crippen LogP contribution in [0.5, 0.6) is 0 Å². The molecule has 0 saturated heterocycles. The Balaban J connectivity index is 2.22. The first-order valence-electron chi connectivity index (χ1n) is 8.11. The molecule has 0 atom stereocenters. The molecule has 0 unspecified atom stereocenters. The second-order valence-corrected chi connectivity index (χ2v) is 5.20. The molecule has 1 heterocycles. The van der Waals surface area contributed by atoms with Crippen LogP contribution in [0.1, 0.15) is 30.6 Å². The number of aromatic nitrogens is 2. The zero-order valence-corrected chi connectivity index (χ0v) is 14.3. The number of rotatable bonds is 8. The van der Waals surface area contributed by atoms with E-state index in [-0.39, 0.29) is 5.91 Å². The number of carbonyl (C=O) groups excluding carboxylic acids is 1. The minimum atomic E-state index is -0.245. The molecule has 0 aliphatic rings. The van der Waals surface area contributed by atoms with Gasteiger partial charge in [0.25, 0.3) is 5.91 Å². The molecular formula is C17H24N6O. The number of amides is 1. The SMILES string of the molecule is CCCNc1nc(NCC)ncc1C(=O)Nc1cccc(NC)c1. The van der Waals surface area contributed by atoms with Crippen LogP contribution in [-0.2, 0) is 0 Å². The van der Waals surface area contributed by atoms with Gasteiger partial charge < -0.3 is 21.3 Å². The molecule has 2 rings (SSSR count). The zero-order chi connectivity index (χ0) is 17.4. The standard InChI is InChI=1S/C17H24N6O/c1-4-9-20-15-14(11-21-17(23-15)19-5-2)16(24)22-13-8-6-7-12(10-13)18-3/h6-8,10-11,18H,4-5,9H2,1-3H3,(H,22,24)(H2,19,20,21,23). The second-order valence-electron chi connectivity index (χ2n) is 5.20. The van der Waals surface area contributed by atoms with Crippen LogP contribution in [0.15, 0.2) is 30.5 Å². The first kappa shape index (κ1) is 17.5. The van der Waals surface area contributed by atoms with Crippen molar-refractivity contribution in [1.82, 2.24) is 9.97 Å². The minimum Gasteiger partial charge on any atom is -0.388 e. The molecule has 7 heteroatoms. The van der Waals surface area contributed by atoms with Crippen molar-refractivity contribution in [2.24, 2.45) is 0 Å². The Hall–Kier alpha value is -2.83. The van der Waals surface area contributed by atoms with Crippen LogP contribution in [0.25, 0.3) is 0 Å². The lowest BCUT2D eigenvalue weighted by Gasteiger charge is -2.12. The molecule has 4 N–H and O–H groups in total. The van der Waals surface area contributed by atoms with Crippen molar-refractivity contribution in [2.45, 2.75) is 20.3 Å². The third-order valence-corrected chi connectivity index (χ3v) is 3.32. The van der Waals surface area contributed by atoms with Gasteiger partial charge in [0, 0.05) is 37.7 Å².